The maximum Gasteiger partial charge on any atom is 0.191 e. The molecule has 0 spiro atoms. The van der Waals surface area contributed by atoms with Crippen LogP contribution in [0.4, 0.5) is 0 Å². The van der Waals surface area contributed by atoms with Gasteiger partial charge in [0.15, 0.2) is 5.96 Å². The first-order valence-corrected chi connectivity index (χ1v) is 10.3. The van der Waals surface area contributed by atoms with Gasteiger partial charge in [-0.25, -0.2) is 9.97 Å². The van der Waals surface area contributed by atoms with Crippen LogP contribution in [0.1, 0.15) is 30.7 Å². The molecule has 0 amide bonds. The highest BCUT2D eigenvalue weighted by atomic mass is 127. The Bertz CT molecular complexity index is 759. The van der Waals surface area contributed by atoms with E-state index in [0.29, 0.717) is 12.5 Å². The largest absolute Gasteiger partial charge is 0.381 e. The molecule has 2 aromatic rings. The number of aliphatic imine (C=N–C) groups is 1. The van der Waals surface area contributed by atoms with Gasteiger partial charge in [0, 0.05) is 65.2 Å². The van der Waals surface area contributed by atoms with Crippen LogP contribution < -0.4 is 10.6 Å². The van der Waals surface area contributed by atoms with Crippen molar-refractivity contribution in [2.24, 2.45) is 10.9 Å². The Morgan fingerprint density at radius 1 is 1.27 bits per heavy atom. The lowest BCUT2D eigenvalue weighted by Gasteiger charge is -2.21. The molecule has 0 aliphatic carbocycles. The van der Waals surface area contributed by atoms with E-state index in [9.17, 15) is 0 Å². The van der Waals surface area contributed by atoms with Crippen molar-refractivity contribution in [2.75, 3.05) is 40.0 Å². The van der Waals surface area contributed by atoms with Gasteiger partial charge < -0.3 is 20.1 Å². The number of guanidine groups is 1. The lowest BCUT2D eigenvalue weighted by Crippen LogP contribution is -2.37. The van der Waals surface area contributed by atoms with Crippen LogP contribution in [-0.2, 0) is 16.0 Å². The molecule has 1 fully saturated rings. The Morgan fingerprint density at radius 3 is 2.77 bits per heavy atom. The normalized spacial score (nSPS) is 14.9. The Kier molecular flexibility index (Phi) is 11.1. The molecule has 1 saturated heterocycles. The number of pyridine rings is 1. The SMILES string of the molecule is CN=C(NCCCOCC1CCOCC1)NCc1ccc(-n2ccnc2C)nc1.I. The number of halogens is 1. The number of aromatic nitrogens is 3. The van der Waals surface area contributed by atoms with Gasteiger partial charge in [-0.3, -0.25) is 9.56 Å². The monoisotopic (exact) mass is 528 g/mol. The zero-order chi connectivity index (χ0) is 20.3. The number of aryl methyl sites for hydroxylation is 1. The molecule has 1 aliphatic heterocycles. The molecule has 2 aromatic heterocycles. The summed E-state index contributed by atoms with van der Waals surface area (Å²) in [4.78, 5) is 13.0. The van der Waals surface area contributed by atoms with Gasteiger partial charge in [-0.2, -0.15) is 0 Å². The van der Waals surface area contributed by atoms with E-state index in [0.717, 1.165) is 75.4 Å². The second-order valence-corrected chi connectivity index (χ2v) is 7.21. The number of hydrogen-bond acceptors (Lipinski definition) is 5. The molecule has 9 heteroatoms. The summed E-state index contributed by atoms with van der Waals surface area (Å²) in [5, 5.41) is 6.64. The van der Waals surface area contributed by atoms with Gasteiger partial charge in [0.2, 0.25) is 0 Å². The maximum absolute atomic E-state index is 5.80. The zero-order valence-electron chi connectivity index (χ0n) is 17.8. The van der Waals surface area contributed by atoms with E-state index in [1.165, 1.54) is 0 Å². The Hall–Kier alpha value is -1.72. The number of hydrogen-bond donors (Lipinski definition) is 2. The first-order chi connectivity index (χ1) is 14.3. The fourth-order valence-corrected chi connectivity index (χ4v) is 3.23. The summed E-state index contributed by atoms with van der Waals surface area (Å²) in [6, 6.07) is 4.06. The molecule has 166 valence electrons. The van der Waals surface area contributed by atoms with E-state index in [1.807, 2.05) is 30.0 Å². The molecule has 0 saturated carbocycles. The summed E-state index contributed by atoms with van der Waals surface area (Å²) in [6.45, 7) is 6.81. The third-order valence-corrected chi connectivity index (χ3v) is 5.02. The molecule has 3 heterocycles. The minimum Gasteiger partial charge on any atom is -0.381 e. The average molecular weight is 528 g/mol. The van der Waals surface area contributed by atoms with Gasteiger partial charge in [0.05, 0.1) is 0 Å². The third-order valence-electron chi connectivity index (χ3n) is 5.02. The van der Waals surface area contributed by atoms with E-state index in [2.05, 4.69) is 31.7 Å². The zero-order valence-corrected chi connectivity index (χ0v) is 20.2. The van der Waals surface area contributed by atoms with Crippen LogP contribution in [0.5, 0.6) is 0 Å². The predicted octanol–water partition coefficient (Wildman–Crippen LogP) is 2.69. The average Bonchev–Trinajstić information content (AvgIpc) is 3.19. The van der Waals surface area contributed by atoms with Crippen molar-refractivity contribution in [1.82, 2.24) is 25.2 Å². The molecule has 2 N–H and O–H groups in total. The number of nitrogens with zero attached hydrogens (tertiary/aromatic N) is 4. The highest BCUT2D eigenvalue weighted by molar-refractivity contribution is 14.0. The summed E-state index contributed by atoms with van der Waals surface area (Å²) in [6.07, 6.45) is 8.75. The smallest absolute Gasteiger partial charge is 0.191 e. The Labute approximate surface area is 195 Å². The van der Waals surface area contributed by atoms with Crippen molar-refractivity contribution in [3.05, 3.63) is 42.1 Å². The van der Waals surface area contributed by atoms with Crippen LogP contribution in [-0.4, -0.2) is 60.5 Å². The number of imidazole rings is 1. The van der Waals surface area contributed by atoms with E-state index < -0.39 is 0 Å². The molecule has 3 rings (SSSR count). The van der Waals surface area contributed by atoms with Crippen molar-refractivity contribution < 1.29 is 9.47 Å². The Balaban J connectivity index is 0.00000320. The molecule has 1 aliphatic rings. The first kappa shape index (κ1) is 24.5. The summed E-state index contributed by atoms with van der Waals surface area (Å²) in [5.41, 5.74) is 1.09. The second-order valence-electron chi connectivity index (χ2n) is 7.21. The second kappa shape index (κ2) is 13.6. The fraction of sp³-hybridized carbons (Fsp3) is 0.571. The van der Waals surface area contributed by atoms with Crippen LogP contribution in [0.3, 0.4) is 0 Å². The van der Waals surface area contributed by atoms with Crippen LogP contribution in [0, 0.1) is 12.8 Å². The number of ether oxygens (including phenoxy) is 2. The van der Waals surface area contributed by atoms with E-state index >= 15 is 0 Å². The molecule has 0 atom stereocenters. The van der Waals surface area contributed by atoms with Crippen LogP contribution in [0.25, 0.3) is 5.82 Å². The molecule has 0 radical (unpaired) electrons. The summed E-state index contributed by atoms with van der Waals surface area (Å²) in [5.74, 6) is 3.23. The minimum atomic E-state index is 0. The van der Waals surface area contributed by atoms with Crippen LogP contribution >= 0.6 is 24.0 Å². The molecule has 8 nitrogen and oxygen atoms in total. The van der Waals surface area contributed by atoms with Crippen LogP contribution in [0.15, 0.2) is 35.7 Å². The minimum absolute atomic E-state index is 0. The predicted molar refractivity (Wildman–Crippen MR) is 129 cm³/mol. The van der Waals surface area contributed by atoms with Gasteiger partial charge in [0.1, 0.15) is 11.6 Å². The first-order valence-electron chi connectivity index (χ1n) is 10.3. The maximum atomic E-state index is 5.80. The standard InChI is InChI=1S/C21H32N6O2.HI/c1-17-23-9-10-27(17)20-5-4-19(14-25-20)15-26-21(22-2)24-8-3-11-29-16-18-6-12-28-13-7-18;/h4-5,9-10,14,18H,3,6-8,11-13,15-16H2,1-2H3,(H2,22,24,26);1H. The summed E-state index contributed by atoms with van der Waals surface area (Å²) >= 11 is 0. The van der Waals surface area contributed by atoms with Gasteiger partial charge in [-0.1, -0.05) is 6.07 Å². The van der Waals surface area contributed by atoms with E-state index in [1.54, 1.807) is 13.2 Å². The molecule has 0 bridgehead atoms. The van der Waals surface area contributed by atoms with E-state index in [4.69, 9.17) is 9.47 Å². The van der Waals surface area contributed by atoms with Crippen LogP contribution in [0.2, 0.25) is 0 Å². The quantitative estimate of drug-likeness (QED) is 0.225. The highest BCUT2D eigenvalue weighted by Crippen LogP contribution is 2.14. The van der Waals surface area contributed by atoms with Crippen molar-refractivity contribution in [1.29, 1.82) is 0 Å². The Morgan fingerprint density at radius 2 is 2.10 bits per heavy atom. The highest BCUT2D eigenvalue weighted by Gasteiger charge is 2.13. The summed E-state index contributed by atoms with van der Waals surface area (Å²) < 4.78 is 13.1. The molecule has 30 heavy (non-hydrogen) atoms. The lowest BCUT2D eigenvalue weighted by molar-refractivity contribution is 0.0203. The van der Waals surface area contributed by atoms with Crippen molar-refractivity contribution in [3.63, 3.8) is 0 Å². The third kappa shape index (κ3) is 7.84. The fourth-order valence-electron chi connectivity index (χ4n) is 3.23. The molecule has 0 aromatic carbocycles. The molecule has 0 unspecified atom stereocenters. The molecular formula is C21H33IN6O2. The van der Waals surface area contributed by atoms with Gasteiger partial charge in [-0.05, 0) is 43.7 Å². The number of nitrogens with one attached hydrogen (secondary N) is 2. The van der Waals surface area contributed by atoms with E-state index in [-0.39, 0.29) is 24.0 Å². The summed E-state index contributed by atoms with van der Waals surface area (Å²) in [7, 11) is 1.78. The van der Waals surface area contributed by atoms with Gasteiger partial charge >= 0.3 is 0 Å². The number of rotatable bonds is 9. The van der Waals surface area contributed by atoms with Crippen molar-refractivity contribution >= 4 is 29.9 Å². The van der Waals surface area contributed by atoms with Crippen molar-refractivity contribution in [2.45, 2.75) is 32.7 Å². The van der Waals surface area contributed by atoms with Crippen molar-refractivity contribution in [3.8, 4) is 5.82 Å². The van der Waals surface area contributed by atoms with Gasteiger partial charge in [-0.15, -0.1) is 24.0 Å². The lowest BCUT2D eigenvalue weighted by atomic mass is 10.0. The topological polar surface area (TPSA) is 85.6 Å². The molecular weight excluding hydrogens is 495 g/mol. The van der Waals surface area contributed by atoms with Gasteiger partial charge in [0.25, 0.3) is 0 Å².